The number of benzene rings is 3. The molecule has 57 heavy (non-hydrogen) atoms. The molecule has 3 aromatic carbocycles. The molecule has 2 aliphatic rings. The first-order valence-corrected chi connectivity index (χ1v) is 20.2. The number of imide groups is 1. The fraction of sp³-hybridized carbons (Fsp3) is 0.350. The Hall–Kier alpha value is -5.91. The minimum Gasteiger partial charge on any atom is -0.494 e. The van der Waals surface area contributed by atoms with Crippen molar-refractivity contribution in [2.45, 2.75) is 76.4 Å². The van der Waals surface area contributed by atoms with E-state index in [0.717, 1.165) is 11.3 Å². The van der Waals surface area contributed by atoms with E-state index in [0.29, 0.717) is 72.4 Å². The van der Waals surface area contributed by atoms with E-state index in [2.05, 4.69) is 41.3 Å². The summed E-state index contributed by atoms with van der Waals surface area (Å²) in [5, 5.41) is 14.7. The number of aromatic nitrogens is 2. The molecule has 1 atom stereocenters. The van der Waals surface area contributed by atoms with Crippen LogP contribution in [-0.2, 0) is 31.0 Å². The second-order valence-electron chi connectivity index (χ2n) is 14.9. The van der Waals surface area contributed by atoms with Crippen molar-refractivity contribution >= 4 is 62.5 Å². The van der Waals surface area contributed by atoms with E-state index in [1.807, 2.05) is 31.2 Å². The van der Waals surface area contributed by atoms with Gasteiger partial charge in [-0.25, -0.2) is 18.1 Å². The number of hydrogen-bond donors (Lipinski definition) is 6. The first kappa shape index (κ1) is 40.7. The van der Waals surface area contributed by atoms with Crippen LogP contribution >= 0.6 is 0 Å². The molecular weight excluding hydrogens is 751 g/mol. The molecule has 0 radical (unpaired) electrons. The normalized spacial score (nSPS) is 15.8. The molecule has 1 fully saturated rings. The largest absolute Gasteiger partial charge is 0.494 e. The van der Waals surface area contributed by atoms with Gasteiger partial charge in [-0.2, -0.15) is 4.98 Å². The summed E-state index contributed by atoms with van der Waals surface area (Å²) >= 11 is 0. The van der Waals surface area contributed by atoms with Crippen molar-refractivity contribution < 1.29 is 32.3 Å². The molecule has 1 saturated heterocycles. The maximum atomic E-state index is 13.2. The van der Waals surface area contributed by atoms with Crippen molar-refractivity contribution in [2.75, 3.05) is 35.6 Å². The molecule has 17 heteroatoms. The lowest BCUT2D eigenvalue weighted by atomic mass is 10.1. The van der Waals surface area contributed by atoms with Gasteiger partial charge in [0.15, 0.2) is 0 Å². The van der Waals surface area contributed by atoms with E-state index in [9.17, 15) is 27.6 Å². The first-order valence-electron chi connectivity index (χ1n) is 18.7. The van der Waals surface area contributed by atoms with Crippen LogP contribution in [-0.4, -0.2) is 78.2 Å². The summed E-state index contributed by atoms with van der Waals surface area (Å²) in [7, 11) is -3.71. The molecule has 2 aliphatic heterocycles. The molecule has 1 aromatic heterocycles. The second-order valence-corrected chi connectivity index (χ2v) is 16.6. The number of nitrogens with one attached hydrogen (secondary N) is 6. The van der Waals surface area contributed by atoms with Crippen LogP contribution in [0.1, 0.15) is 67.9 Å². The molecule has 3 heterocycles. The highest BCUT2D eigenvalue weighted by Crippen LogP contribution is 2.32. The lowest BCUT2D eigenvalue weighted by Gasteiger charge is -2.24. The molecule has 6 N–H and O–H groups in total. The standard InChI is InChI=1S/C40H47N9O7S/c1-25-22-42-39(47-36(25)43-27-9-5-10-29(21-27)57(54,55)48-40(2,3)4)44-26-15-17-28(18-16-26)56-20-8-19-41-23-35(51)45-32-12-6-11-30-31(32)24-49(38(30)53)33-13-7-14-34(50)46-37(33)52/h5-6,9-12,15-18,21-22,33,41,48H,7-8,13-14,19-20,23-24H2,1-4H3,(H,45,51)(H,46,50,52)(H2,42,43,44,47)/t33-/m0/s1. The van der Waals surface area contributed by atoms with Gasteiger partial charge in [-0.15, -0.1) is 0 Å². The number of hydrogen-bond acceptors (Lipinski definition) is 12. The second kappa shape index (κ2) is 17.5. The molecule has 0 saturated carbocycles. The number of sulfonamides is 1. The first-order chi connectivity index (χ1) is 27.1. The van der Waals surface area contributed by atoms with Crippen LogP contribution < -0.4 is 36.0 Å². The molecule has 4 aromatic rings. The van der Waals surface area contributed by atoms with Gasteiger partial charge in [0, 0.05) is 58.5 Å². The third kappa shape index (κ3) is 10.7. The minimum atomic E-state index is -3.71. The maximum absolute atomic E-state index is 13.2. The number of ether oxygens (including phenoxy) is 1. The van der Waals surface area contributed by atoms with Crippen LogP contribution in [0.5, 0.6) is 5.75 Å². The predicted octanol–water partition coefficient (Wildman–Crippen LogP) is 4.50. The van der Waals surface area contributed by atoms with E-state index >= 15 is 0 Å². The van der Waals surface area contributed by atoms with Gasteiger partial charge in [-0.3, -0.25) is 24.5 Å². The number of carbonyl (C=O) groups is 4. The monoisotopic (exact) mass is 797 g/mol. The van der Waals surface area contributed by atoms with Crippen LogP contribution in [0, 0.1) is 6.92 Å². The highest BCUT2D eigenvalue weighted by atomic mass is 32.2. The number of fused-ring (bicyclic) bond motifs is 1. The van der Waals surface area contributed by atoms with E-state index in [-0.39, 0.29) is 42.1 Å². The molecule has 4 amide bonds. The maximum Gasteiger partial charge on any atom is 0.255 e. The summed E-state index contributed by atoms with van der Waals surface area (Å²) in [6, 6.07) is 18.2. The van der Waals surface area contributed by atoms with Gasteiger partial charge >= 0.3 is 0 Å². The van der Waals surface area contributed by atoms with Crippen LogP contribution in [0.2, 0.25) is 0 Å². The van der Waals surface area contributed by atoms with Crippen molar-refractivity contribution in [3.8, 4) is 5.75 Å². The lowest BCUT2D eigenvalue weighted by molar-refractivity contribution is -0.132. The summed E-state index contributed by atoms with van der Waals surface area (Å²) in [6.07, 6.45) is 3.45. The number of anilines is 5. The van der Waals surface area contributed by atoms with E-state index in [1.54, 1.807) is 63.4 Å². The van der Waals surface area contributed by atoms with Gasteiger partial charge in [0.1, 0.15) is 17.6 Å². The topological polar surface area (TPSA) is 213 Å². The summed E-state index contributed by atoms with van der Waals surface area (Å²) in [6.45, 7) is 8.36. The van der Waals surface area contributed by atoms with Crippen LogP contribution in [0.15, 0.2) is 77.8 Å². The highest BCUT2D eigenvalue weighted by molar-refractivity contribution is 7.89. The van der Waals surface area contributed by atoms with Crippen LogP contribution in [0.3, 0.4) is 0 Å². The average Bonchev–Trinajstić information content (AvgIpc) is 3.38. The number of amides is 4. The number of rotatable bonds is 15. The van der Waals surface area contributed by atoms with Crippen molar-refractivity contribution in [1.82, 2.24) is 30.2 Å². The Bertz CT molecular complexity index is 2260. The Morgan fingerprint density at radius 2 is 1.77 bits per heavy atom. The van der Waals surface area contributed by atoms with Gasteiger partial charge in [0.25, 0.3) is 5.91 Å². The predicted molar refractivity (Wildman–Crippen MR) is 215 cm³/mol. The fourth-order valence-electron chi connectivity index (χ4n) is 6.41. The van der Waals surface area contributed by atoms with Gasteiger partial charge in [0.05, 0.1) is 18.0 Å². The quantitative estimate of drug-likeness (QED) is 0.0726. The molecule has 0 aliphatic carbocycles. The molecule has 300 valence electrons. The van der Waals surface area contributed by atoms with Gasteiger partial charge < -0.3 is 30.9 Å². The molecule has 6 rings (SSSR count). The SMILES string of the molecule is Cc1cnc(Nc2ccc(OCCCNCC(=O)Nc3cccc4c3CN([C@H]3CCCC(=O)NC3=O)C4=O)cc2)nc1Nc1cccc(S(=O)(=O)NC(C)(C)C)c1. The Morgan fingerprint density at radius 1 is 1.00 bits per heavy atom. The molecule has 16 nitrogen and oxygen atoms in total. The zero-order valence-electron chi connectivity index (χ0n) is 32.3. The smallest absolute Gasteiger partial charge is 0.255 e. The molecule has 0 bridgehead atoms. The Balaban J connectivity index is 0.930. The summed E-state index contributed by atoms with van der Waals surface area (Å²) in [5.74, 6) is 0.144. The summed E-state index contributed by atoms with van der Waals surface area (Å²) in [5.41, 5.74) is 3.03. The summed E-state index contributed by atoms with van der Waals surface area (Å²) in [4.78, 5) is 60.9. The Morgan fingerprint density at radius 3 is 2.54 bits per heavy atom. The van der Waals surface area contributed by atoms with Crippen molar-refractivity contribution in [1.29, 1.82) is 0 Å². The van der Waals surface area contributed by atoms with Gasteiger partial charge in [-0.05, 0) is 108 Å². The molecule has 0 unspecified atom stereocenters. The Labute approximate surface area is 331 Å². The zero-order chi connectivity index (χ0) is 40.7. The number of carbonyl (C=O) groups excluding carboxylic acids is 4. The van der Waals surface area contributed by atoms with E-state index in [4.69, 9.17) is 4.74 Å². The molecule has 0 spiro atoms. The zero-order valence-corrected chi connectivity index (χ0v) is 33.1. The Kier molecular flexibility index (Phi) is 12.5. The minimum absolute atomic E-state index is 0.0520. The summed E-state index contributed by atoms with van der Waals surface area (Å²) < 4.78 is 34.2. The third-order valence-corrected chi connectivity index (χ3v) is 10.8. The number of nitrogens with zero attached hydrogens (tertiary/aromatic N) is 3. The van der Waals surface area contributed by atoms with Crippen molar-refractivity contribution in [2.24, 2.45) is 0 Å². The van der Waals surface area contributed by atoms with Gasteiger partial charge in [-0.1, -0.05) is 12.1 Å². The van der Waals surface area contributed by atoms with E-state index < -0.39 is 27.5 Å². The van der Waals surface area contributed by atoms with E-state index in [1.165, 1.54) is 11.0 Å². The van der Waals surface area contributed by atoms with Crippen molar-refractivity contribution in [3.63, 3.8) is 0 Å². The third-order valence-electron chi connectivity index (χ3n) is 9.07. The highest BCUT2D eigenvalue weighted by Gasteiger charge is 2.39. The fourth-order valence-corrected chi connectivity index (χ4v) is 7.87. The average molecular weight is 798 g/mol. The van der Waals surface area contributed by atoms with Gasteiger partial charge in [0.2, 0.25) is 33.7 Å². The van der Waals surface area contributed by atoms with Crippen molar-refractivity contribution in [3.05, 3.63) is 89.6 Å². The lowest BCUT2D eigenvalue weighted by Crippen LogP contribution is -2.46. The van der Waals surface area contributed by atoms with Crippen LogP contribution in [0.4, 0.5) is 28.8 Å². The number of aryl methyl sites for hydroxylation is 1. The van der Waals surface area contributed by atoms with Crippen LogP contribution in [0.25, 0.3) is 0 Å². The molecular formula is C40H47N9O7S.